The van der Waals surface area contributed by atoms with Crippen molar-refractivity contribution in [2.45, 2.75) is 19.0 Å². The zero-order valence-corrected chi connectivity index (χ0v) is 19.6. The third kappa shape index (κ3) is 4.17. The molecular formula is C25H19F2N5O2S. The lowest BCUT2D eigenvalue weighted by molar-refractivity contribution is -0.113. The maximum absolute atomic E-state index is 13.9. The SMILES string of the molecule is Cc1ccc(-n2c(=O)c3ccccc3n3c(SCC(=O)Nc4ccc(F)cc4F)nnc23)c(C)c1. The smallest absolute Gasteiger partial charge is 0.267 e. The summed E-state index contributed by atoms with van der Waals surface area (Å²) in [6.07, 6.45) is 0. The molecule has 35 heavy (non-hydrogen) atoms. The molecule has 0 radical (unpaired) electrons. The van der Waals surface area contributed by atoms with Gasteiger partial charge in [0.15, 0.2) is 5.16 Å². The van der Waals surface area contributed by atoms with E-state index in [-0.39, 0.29) is 17.0 Å². The Labute approximate surface area is 202 Å². The second-order valence-electron chi connectivity index (χ2n) is 8.03. The van der Waals surface area contributed by atoms with Crippen LogP contribution in [0.5, 0.6) is 0 Å². The van der Waals surface area contributed by atoms with Gasteiger partial charge in [0.05, 0.1) is 28.0 Å². The Hall–Kier alpha value is -4.05. The van der Waals surface area contributed by atoms with Crippen LogP contribution in [0.2, 0.25) is 0 Å². The van der Waals surface area contributed by atoms with E-state index in [0.717, 1.165) is 35.0 Å². The van der Waals surface area contributed by atoms with Crippen LogP contribution in [-0.2, 0) is 4.79 Å². The summed E-state index contributed by atoms with van der Waals surface area (Å²) in [7, 11) is 0. The van der Waals surface area contributed by atoms with Crippen LogP contribution in [0.1, 0.15) is 11.1 Å². The number of hydrogen-bond donors (Lipinski definition) is 1. The highest BCUT2D eigenvalue weighted by atomic mass is 32.2. The molecule has 0 atom stereocenters. The number of aromatic nitrogens is 4. The first-order chi connectivity index (χ1) is 16.8. The van der Waals surface area contributed by atoms with Gasteiger partial charge in [0.25, 0.3) is 5.56 Å². The second-order valence-corrected chi connectivity index (χ2v) is 8.97. The van der Waals surface area contributed by atoms with Gasteiger partial charge in [-0.05, 0) is 49.7 Å². The maximum Gasteiger partial charge on any atom is 0.267 e. The van der Waals surface area contributed by atoms with Crippen LogP contribution < -0.4 is 10.9 Å². The number of thioether (sulfide) groups is 1. The summed E-state index contributed by atoms with van der Waals surface area (Å²) < 4.78 is 30.3. The normalized spacial score (nSPS) is 11.3. The Morgan fingerprint density at radius 2 is 1.83 bits per heavy atom. The number of anilines is 1. The fourth-order valence-corrected chi connectivity index (χ4v) is 4.69. The van der Waals surface area contributed by atoms with Crippen LogP contribution in [0.25, 0.3) is 22.4 Å². The summed E-state index contributed by atoms with van der Waals surface area (Å²) in [5, 5.41) is 11.8. The van der Waals surface area contributed by atoms with Crippen molar-refractivity contribution in [1.29, 1.82) is 0 Å². The van der Waals surface area contributed by atoms with E-state index in [1.54, 1.807) is 28.7 Å². The molecule has 2 aromatic heterocycles. The predicted molar refractivity (Wildman–Crippen MR) is 131 cm³/mol. The van der Waals surface area contributed by atoms with Crippen molar-refractivity contribution in [3.63, 3.8) is 0 Å². The lowest BCUT2D eigenvalue weighted by Crippen LogP contribution is -2.22. The fourth-order valence-electron chi connectivity index (χ4n) is 3.95. The van der Waals surface area contributed by atoms with Crippen LogP contribution in [0, 0.1) is 25.5 Å². The number of hydrogen-bond acceptors (Lipinski definition) is 5. The number of rotatable bonds is 5. The molecule has 0 aliphatic carbocycles. The molecule has 2 heterocycles. The van der Waals surface area contributed by atoms with Gasteiger partial charge in [-0.3, -0.25) is 14.0 Å². The van der Waals surface area contributed by atoms with Crippen molar-refractivity contribution >= 4 is 40.0 Å². The topological polar surface area (TPSA) is 81.3 Å². The first-order valence-electron chi connectivity index (χ1n) is 10.7. The first-order valence-corrected chi connectivity index (χ1v) is 11.7. The summed E-state index contributed by atoms with van der Waals surface area (Å²) in [5.41, 5.74) is 2.92. The van der Waals surface area contributed by atoms with Crippen LogP contribution in [0.4, 0.5) is 14.5 Å². The molecule has 1 N–H and O–H groups in total. The molecule has 0 fully saturated rings. The van der Waals surface area contributed by atoms with Gasteiger partial charge in [-0.2, -0.15) is 0 Å². The lowest BCUT2D eigenvalue weighted by atomic mass is 10.1. The third-order valence-corrected chi connectivity index (χ3v) is 6.45. The zero-order valence-electron chi connectivity index (χ0n) is 18.8. The van der Waals surface area contributed by atoms with Gasteiger partial charge < -0.3 is 5.32 Å². The number of benzene rings is 3. The van der Waals surface area contributed by atoms with Gasteiger partial charge in [0.1, 0.15) is 11.6 Å². The molecule has 0 saturated heterocycles. The van der Waals surface area contributed by atoms with Crippen molar-refractivity contribution < 1.29 is 13.6 Å². The molecular weight excluding hydrogens is 472 g/mol. The molecule has 0 aliphatic rings. The molecule has 0 spiro atoms. The fraction of sp³-hybridized carbons (Fsp3) is 0.120. The highest BCUT2D eigenvalue weighted by Crippen LogP contribution is 2.25. The van der Waals surface area contributed by atoms with E-state index in [9.17, 15) is 18.4 Å². The van der Waals surface area contributed by atoms with E-state index in [4.69, 9.17) is 0 Å². The highest BCUT2D eigenvalue weighted by Gasteiger charge is 2.19. The summed E-state index contributed by atoms with van der Waals surface area (Å²) >= 11 is 1.09. The Morgan fingerprint density at radius 3 is 2.60 bits per heavy atom. The molecule has 5 rings (SSSR count). The molecule has 0 unspecified atom stereocenters. The Kier molecular flexibility index (Phi) is 5.81. The number of carbonyl (C=O) groups excluding carboxylic acids is 1. The highest BCUT2D eigenvalue weighted by molar-refractivity contribution is 7.99. The van der Waals surface area contributed by atoms with Gasteiger partial charge >= 0.3 is 0 Å². The molecule has 0 bridgehead atoms. The van der Waals surface area contributed by atoms with Gasteiger partial charge in [0, 0.05) is 6.07 Å². The summed E-state index contributed by atoms with van der Waals surface area (Å²) in [6.45, 7) is 3.90. The minimum atomic E-state index is -0.861. The number of nitrogens with zero attached hydrogens (tertiary/aromatic N) is 4. The van der Waals surface area contributed by atoms with Crippen LogP contribution in [-0.4, -0.2) is 30.8 Å². The van der Waals surface area contributed by atoms with Crippen LogP contribution in [0.3, 0.4) is 0 Å². The zero-order chi connectivity index (χ0) is 24.7. The number of aryl methyl sites for hydroxylation is 2. The lowest BCUT2D eigenvalue weighted by Gasteiger charge is -2.13. The molecule has 7 nitrogen and oxygen atoms in total. The first kappa shape index (κ1) is 22.7. The van der Waals surface area contributed by atoms with Crippen molar-refractivity contribution in [3.05, 3.63) is 93.8 Å². The van der Waals surface area contributed by atoms with E-state index < -0.39 is 17.5 Å². The molecule has 176 valence electrons. The molecule has 5 aromatic rings. The van der Waals surface area contributed by atoms with Crippen molar-refractivity contribution in [1.82, 2.24) is 19.2 Å². The Balaban J connectivity index is 1.56. The Morgan fingerprint density at radius 1 is 1.03 bits per heavy atom. The third-order valence-electron chi connectivity index (χ3n) is 5.53. The van der Waals surface area contributed by atoms with E-state index in [1.807, 2.05) is 32.0 Å². The summed E-state index contributed by atoms with van der Waals surface area (Å²) in [6, 6.07) is 15.8. The number of para-hydroxylation sites is 1. The number of nitrogens with one attached hydrogen (secondary N) is 1. The minimum absolute atomic E-state index is 0.103. The summed E-state index contributed by atoms with van der Waals surface area (Å²) in [5.74, 6) is -1.88. The number of amides is 1. The number of halogens is 2. The molecule has 0 aliphatic heterocycles. The molecule has 3 aromatic carbocycles. The molecule has 1 amide bonds. The van der Waals surface area contributed by atoms with Crippen molar-refractivity contribution in [2.75, 3.05) is 11.1 Å². The number of fused-ring (bicyclic) bond motifs is 3. The predicted octanol–water partition coefficient (Wildman–Crippen LogP) is 4.66. The van der Waals surface area contributed by atoms with Gasteiger partial charge in [0.2, 0.25) is 11.7 Å². The monoisotopic (exact) mass is 491 g/mol. The largest absolute Gasteiger partial charge is 0.323 e. The average molecular weight is 492 g/mol. The average Bonchev–Trinajstić information content (AvgIpc) is 3.25. The van der Waals surface area contributed by atoms with E-state index in [1.165, 1.54) is 4.57 Å². The quantitative estimate of drug-likeness (QED) is 0.362. The van der Waals surface area contributed by atoms with E-state index in [0.29, 0.717) is 33.6 Å². The summed E-state index contributed by atoms with van der Waals surface area (Å²) in [4.78, 5) is 25.9. The van der Waals surface area contributed by atoms with Gasteiger partial charge in [-0.15, -0.1) is 10.2 Å². The van der Waals surface area contributed by atoms with E-state index >= 15 is 0 Å². The second kappa shape index (κ2) is 8.95. The van der Waals surface area contributed by atoms with Crippen LogP contribution >= 0.6 is 11.8 Å². The van der Waals surface area contributed by atoms with Crippen molar-refractivity contribution in [3.8, 4) is 5.69 Å². The van der Waals surface area contributed by atoms with Crippen molar-refractivity contribution in [2.24, 2.45) is 0 Å². The van der Waals surface area contributed by atoms with E-state index in [2.05, 4.69) is 15.5 Å². The standard InChI is InChI=1S/C25H19F2N5O2S/c1-14-7-10-20(15(2)11-14)31-23(34)17-5-3-4-6-21(17)32-24(31)29-30-25(32)35-13-22(33)28-19-9-8-16(26)12-18(19)27/h3-12H,13H2,1-2H3,(H,28,33). The van der Waals surface area contributed by atoms with Gasteiger partial charge in [-0.1, -0.05) is 41.6 Å². The Bertz CT molecular complexity index is 1680. The molecule has 10 heteroatoms. The molecule has 0 saturated carbocycles. The van der Waals surface area contributed by atoms with Gasteiger partial charge in [-0.25, -0.2) is 13.3 Å². The number of carbonyl (C=O) groups is 1. The maximum atomic E-state index is 13.9. The van der Waals surface area contributed by atoms with Crippen LogP contribution in [0.15, 0.2) is 70.6 Å². The minimum Gasteiger partial charge on any atom is -0.323 e.